The Morgan fingerprint density at radius 1 is 1.31 bits per heavy atom. The molecule has 0 fully saturated rings. The lowest BCUT2D eigenvalue weighted by atomic mass is 10.1. The van der Waals surface area contributed by atoms with Crippen LogP contribution in [0.25, 0.3) is 11.0 Å². The molecule has 0 bridgehead atoms. The summed E-state index contributed by atoms with van der Waals surface area (Å²) in [6.45, 7) is 5.12. The zero-order valence-corrected chi connectivity index (χ0v) is 15.6. The minimum Gasteiger partial charge on any atom is -0.334 e. The van der Waals surface area contributed by atoms with Gasteiger partial charge in [-0.05, 0) is 11.5 Å². The minimum atomic E-state index is -0.318. The fourth-order valence-electron chi connectivity index (χ4n) is 2.70. The largest absolute Gasteiger partial charge is 0.334 e. The molecule has 2 aromatic heterocycles. The molecule has 3 rings (SSSR count). The number of hydrogen-bond donors (Lipinski definition) is 0. The molecule has 0 saturated carbocycles. The van der Waals surface area contributed by atoms with Crippen LogP contribution in [0.2, 0.25) is 0 Å². The van der Waals surface area contributed by atoms with Crippen molar-refractivity contribution in [1.29, 1.82) is 0 Å². The number of rotatable bonds is 6. The number of carbonyl (C=O) groups is 1. The van der Waals surface area contributed by atoms with Crippen molar-refractivity contribution < 1.29 is 4.79 Å². The van der Waals surface area contributed by atoms with Gasteiger partial charge in [-0.3, -0.25) is 14.0 Å². The fourth-order valence-corrected chi connectivity index (χ4v) is 3.38. The molecule has 6 heteroatoms. The normalized spacial score (nSPS) is 11.5. The van der Waals surface area contributed by atoms with Crippen LogP contribution in [0.1, 0.15) is 29.8 Å². The summed E-state index contributed by atoms with van der Waals surface area (Å²) in [4.78, 5) is 32.0. The van der Waals surface area contributed by atoms with Gasteiger partial charge in [-0.2, -0.15) is 0 Å². The molecule has 0 saturated heterocycles. The average molecular weight is 367 g/mol. The summed E-state index contributed by atoms with van der Waals surface area (Å²) in [5, 5.41) is 1.78. The van der Waals surface area contributed by atoms with Crippen LogP contribution in [-0.4, -0.2) is 33.3 Å². The molecule has 0 spiro atoms. The third-order valence-corrected chi connectivity index (χ3v) is 4.65. The van der Waals surface area contributed by atoms with E-state index in [9.17, 15) is 9.59 Å². The van der Waals surface area contributed by atoms with Gasteiger partial charge >= 0.3 is 0 Å². The highest BCUT2D eigenvalue weighted by molar-refractivity contribution is 7.15. The van der Waals surface area contributed by atoms with E-state index in [2.05, 4.69) is 4.98 Å². The predicted molar refractivity (Wildman–Crippen MR) is 106 cm³/mol. The van der Waals surface area contributed by atoms with Crippen LogP contribution in [0.15, 0.2) is 59.0 Å². The van der Waals surface area contributed by atoms with Crippen molar-refractivity contribution in [2.45, 2.75) is 13.8 Å². The van der Waals surface area contributed by atoms with Gasteiger partial charge in [0.25, 0.3) is 11.5 Å². The van der Waals surface area contributed by atoms with Crippen LogP contribution < -0.4 is 5.56 Å². The van der Waals surface area contributed by atoms with E-state index in [1.807, 2.05) is 56.3 Å². The number of hydrogen-bond acceptors (Lipinski definition) is 4. The van der Waals surface area contributed by atoms with E-state index in [-0.39, 0.29) is 17.0 Å². The highest BCUT2D eigenvalue weighted by Crippen LogP contribution is 2.09. The molecule has 1 amide bonds. The lowest BCUT2D eigenvalue weighted by Crippen LogP contribution is -2.38. The quantitative estimate of drug-likeness (QED) is 0.669. The van der Waals surface area contributed by atoms with Crippen LogP contribution in [-0.2, 0) is 0 Å². The Morgan fingerprint density at radius 3 is 2.81 bits per heavy atom. The van der Waals surface area contributed by atoms with E-state index >= 15 is 0 Å². The first-order valence-corrected chi connectivity index (χ1v) is 9.40. The number of thiazole rings is 1. The predicted octanol–water partition coefficient (Wildman–Crippen LogP) is 3.57. The maximum atomic E-state index is 13.0. The van der Waals surface area contributed by atoms with Crippen molar-refractivity contribution in [3.63, 3.8) is 0 Å². The SMILES string of the molecule is CC(C)CN(C/C=C/c1ccccc1)C(=O)c1cnc2sccn2c1=O. The average Bonchev–Trinajstić information content (AvgIpc) is 3.11. The summed E-state index contributed by atoms with van der Waals surface area (Å²) >= 11 is 1.37. The first-order valence-electron chi connectivity index (χ1n) is 8.52. The van der Waals surface area contributed by atoms with Gasteiger partial charge in [-0.25, -0.2) is 4.98 Å². The lowest BCUT2D eigenvalue weighted by molar-refractivity contribution is 0.0754. The molecule has 0 aliphatic rings. The Bertz CT molecular complexity index is 973. The molecule has 0 atom stereocenters. The summed E-state index contributed by atoms with van der Waals surface area (Å²) in [6, 6.07) is 9.92. The number of benzene rings is 1. The topological polar surface area (TPSA) is 54.7 Å². The number of nitrogens with zero attached hydrogens (tertiary/aromatic N) is 3. The van der Waals surface area contributed by atoms with Gasteiger partial charge in [0.2, 0.25) is 0 Å². The van der Waals surface area contributed by atoms with E-state index in [4.69, 9.17) is 0 Å². The van der Waals surface area contributed by atoms with Crippen LogP contribution in [0.4, 0.5) is 0 Å². The van der Waals surface area contributed by atoms with Gasteiger partial charge in [0.05, 0.1) is 0 Å². The number of carbonyl (C=O) groups excluding carboxylic acids is 1. The molecule has 0 aliphatic carbocycles. The van der Waals surface area contributed by atoms with Crippen LogP contribution in [0, 0.1) is 5.92 Å². The lowest BCUT2D eigenvalue weighted by Gasteiger charge is -2.23. The molecule has 0 radical (unpaired) electrons. The highest BCUT2D eigenvalue weighted by Gasteiger charge is 2.20. The Labute approximate surface area is 156 Å². The standard InChI is InChI=1S/C20H21N3O2S/c1-15(2)14-22(10-6-9-16-7-4-3-5-8-16)18(24)17-13-21-20-23(19(17)25)11-12-26-20/h3-9,11-13,15H,10,14H2,1-2H3/b9-6+. The van der Waals surface area contributed by atoms with E-state index in [0.29, 0.717) is 24.0 Å². The molecule has 0 aliphatic heterocycles. The summed E-state index contributed by atoms with van der Waals surface area (Å²) in [5.74, 6) is 0.0131. The molecule has 2 heterocycles. The molecule has 134 valence electrons. The summed E-state index contributed by atoms with van der Waals surface area (Å²) in [6.07, 6.45) is 6.97. The Hall–Kier alpha value is -2.73. The van der Waals surface area contributed by atoms with Crippen molar-refractivity contribution in [1.82, 2.24) is 14.3 Å². The maximum absolute atomic E-state index is 13.0. The van der Waals surface area contributed by atoms with Crippen molar-refractivity contribution in [3.8, 4) is 0 Å². The van der Waals surface area contributed by atoms with Gasteiger partial charge in [0, 0.05) is 30.9 Å². The number of fused-ring (bicyclic) bond motifs is 1. The first kappa shape index (κ1) is 18.1. The summed E-state index contributed by atoms with van der Waals surface area (Å²) in [5.41, 5.74) is 0.864. The first-order chi connectivity index (χ1) is 12.6. The highest BCUT2D eigenvalue weighted by atomic mass is 32.1. The molecule has 26 heavy (non-hydrogen) atoms. The zero-order valence-electron chi connectivity index (χ0n) is 14.8. The van der Waals surface area contributed by atoms with Gasteiger partial charge in [-0.15, -0.1) is 11.3 Å². The van der Waals surface area contributed by atoms with Crippen molar-refractivity contribution in [2.24, 2.45) is 5.92 Å². The molecule has 3 aromatic rings. The monoisotopic (exact) mass is 367 g/mol. The fraction of sp³-hybridized carbons (Fsp3) is 0.250. The van der Waals surface area contributed by atoms with E-state index in [1.165, 1.54) is 21.9 Å². The summed E-state index contributed by atoms with van der Waals surface area (Å²) < 4.78 is 1.42. The van der Waals surface area contributed by atoms with E-state index < -0.39 is 0 Å². The molecular weight excluding hydrogens is 346 g/mol. The van der Waals surface area contributed by atoms with E-state index in [1.54, 1.807) is 16.5 Å². The van der Waals surface area contributed by atoms with Crippen molar-refractivity contribution in [3.05, 3.63) is 75.7 Å². The molecule has 0 unspecified atom stereocenters. The number of aromatic nitrogens is 2. The van der Waals surface area contributed by atoms with Crippen LogP contribution in [0.5, 0.6) is 0 Å². The third kappa shape index (κ3) is 4.08. The smallest absolute Gasteiger partial charge is 0.271 e. The van der Waals surface area contributed by atoms with Crippen molar-refractivity contribution >= 4 is 28.3 Å². The van der Waals surface area contributed by atoms with Crippen molar-refractivity contribution in [2.75, 3.05) is 13.1 Å². The minimum absolute atomic E-state index is 0.106. The molecular formula is C20H21N3O2S. The van der Waals surface area contributed by atoms with Gasteiger partial charge in [-0.1, -0.05) is 56.3 Å². The second-order valence-corrected chi connectivity index (χ2v) is 7.32. The Balaban J connectivity index is 1.84. The molecule has 0 N–H and O–H groups in total. The Morgan fingerprint density at radius 2 is 2.08 bits per heavy atom. The third-order valence-electron chi connectivity index (χ3n) is 3.88. The molecule has 1 aromatic carbocycles. The maximum Gasteiger partial charge on any atom is 0.271 e. The van der Waals surface area contributed by atoms with Gasteiger partial charge in [0.1, 0.15) is 5.56 Å². The second kappa shape index (κ2) is 8.10. The van der Waals surface area contributed by atoms with Gasteiger partial charge in [0.15, 0.2) is 4.96 Å². The Kier molecular flexibility index (Phi) is 5.63. The second-order valence-electron chi connectivity index (χ2n) is 6.45. The zero-order chi connectivity index (χ0) is 18.5. The van der Waals surface area contributed by atoms with Gasteiger partial charge < -0.3 is 4.90 Å². The number of amides is 1. The van der Waals surface area contributed by atoms with E-state index in [0.717, 1.165) is 5.56 Å². The molecule has 5 nitrogen and oxygen atoms in total. The van der Waals surface area contributed by atoms with Crippen LogP contribution in [0.3, 0.4) is 0 Å². The summed E-state index contributed by atoms with van der Waals surface area (Å²) in [7, 11) is 0. The van der Waals surface area contributed by atoms with Crippen LogP contribution >= 0.6 is 11.3 Å².